The Morgan fingerprint density at radius 3 is 2.65 bits per heavy atom. The first-order valence-electron chi connectivity index (χ1n) is 6.98. The van der Waals surface area contributed by atoms with E-state index in [4.69, 9.17) is 16.9 Å². The molecule has 0 aliphatic carbocycles. The fourth-order valence-electron chi connectivity index (χ4n) is 2.22. The van der Waals surface area contributed by atoms with Crippen LogP contribution in [0.3, 0.4) is 0 Å². The Kier molecular flexibility index (Phi) is 3.89. The number of anilines is 1. The summed E-state index contributed by atoms with van der Waals surface area (Å²) in [5.74, 6) is 2.98. The molecule has 3 rings (SSSR count). The Morgan fingerprint density at radius 2 is 1.96 bits per heavy atom. The summed E-state index contributed by atoms with van der Waals surface area (Å²) in [6.45, 7) is 0.157. The van der Waals surface area contributed by atoms with Gasteiger partial charge in [-0.15, -0.1) is 6.42 Å². The monoisotopic (exact) mass is 305 g/mol. The van der Waals surface area contributed by atoms with Crippen LogP contribution in [0.5, 0.6) is 11.5 Å². The van der Waals surface area contributed by atoms with E-state index in [0.29, 0.717) is 22.7 Å². The molecule has 4 N–H and O–H groups in total. The van der Waals surface area contributed by atoms with E-state index >= 15 is 0 Å². The lowest BCUT2D eigenvalue weighted by Gasteiger charge is -2.06. The van der Waals surface area contributed by atoms with E-state index < -0.39 is 0 Å². The highest BCUT2D eigenvalue weighted by Gasteiger charge is 2.10. The summed E-state index contributed by atoms with van der Waals surface area (Å²) in [6.07, 6.45) is 5.14. The lowest BCUT2D eigenvalue weighted by atomic mass is 10.1. The first-order valence-corrected chi connectivity index (χ1v) is 6.98. The van der Waals surface area contributed by atoms with E-state index in [2.05, 4.69) is 16.1 Å². The maximum Gasteiger partial charge on any atom is 0.148 e. The second kappa shape index (κ2) is 6.16. The van der Waals surface area contributed by atoms with Crippen molar-refractivity contribution in [3.63, 3.8) is 0 Å². The van der Waals surface area contributed by atoms with Crippen LogP contribution in [-0.4, -0.2) is 21.9 Å². The highest BCUT2D eigenvalue weighted by molar-refractivity contribution is 5.73. The summed E-state index contributed by atoms with van der Waals surface area (Å²) in [5, 5.41) is 17.4. The predicted molar refractivity (Wildman–Crippen MR) is 89.9 cm³/mol. The van der Waals surface area contributed by atoms with Crippen LogP contribution in [0.4, 0.5) is 5.69 Å². The summed E-state index contributed by atoms with van der Waals surface area (Å²) in [7, 11) is 0. The first kappa shape index (κ1) is 14.5. The third kappa shape index (κ3) is 3.11. The number of nitrogens with zero attached hydrogens (tertiary/aromatic N) is 1. The molecular formula is C18H15N3O2. The molecule has 0 unspecified atom stereocenters. The van der Waals surface area contributed by atoms with Crippen molar-refractivity contribution < 1.29 is 9.84 Å². The third-order valence-corrected chi connectivity index (χ3v) is 3.37. The van der Waals surface area contributed by atoms with Crippen LogP contribution in [-0.2, 0) is 0 Å². The largest absolute Gasteiger partial charge is 0.507 e. The Bertz CT molecular complexity index is 861. The topological polar surface area (TPSA) is 84.2 Å². The second-order valence-electron chi connectivity index (χ2n) is 4.96. The van der Waals surface area contributed by atoms with Crippen LogP contribution in [0.15, 0.2) is 48.5 Å². The number of hydrogen-bond acceptors (Lipinski definition) is 4. The standard InChI is InChI=1S/C18H15N3O2/c1-2-9-23-14-7-8-15(18(22)10-14)17-11-16(20-21-17)12-3-5-13(19)6-4-12/h1,3-8,10-11,22H,9,19H2,(H,20,21). The number of ether oxygens (including phenoxy) is 1. The third-order valence-electron chi connectivity index (χ3n) is 3.37. The Labute approximate surface area is 133 Å². The fourth-order valence-corrected chi connectivity index (χ4v) is 2.22. The average Bonchev–Trinajstić information content (AvgIpc) is 3.03. The molecule has 0 radical (unpaired) electrons. The minimum absolute atomic E-state index is 0.0898. The zero-order valence-corrected chi connectivity index (χ0v) is 12.3. The van der Waals surface area contributed by atoms with Crippen molar-refractivity contribution in [1.82, 2.24) is 10.2 Å². The highest BCUT2D eigenvalue weighted by Crippen LogP contribution is 2.33. The van der Waals surface area contributed by atoms with Crippen LogP contribution < -0.4 is 10.5 Å². The molecule has 2 aromatic carbocycles. The Balaban J connectivity index is 1.88. The number of rotatable bonds is 4. The van der Waals surface area contributed by atoms with Crippen LogP contribution in [0, 0.1) is 12.3 Å². The van der Waals surface area contributed by atoms with Gasteiger partial charge in [0, 0.05) is 22.9 Å². The second-order valence-corrected chi connectivity index (χ2v) is 4.96. The summed E-state index contributed by atoms with van der Waals surface area (Å²) in [4.78, 5) is 0. The molecule has 0 spiro atoms. The zero-order chi connectivity index (χ0) is 16.2. The van der Waals surface area contributed by atoms with Gasteiger partial charge in [-0.05, 0) is 30.3 Å². The Morgan fingerprint density at radius 1 is 1.17 bits per heavy atom. The maximum atomic E-state index is 10.2. The normalized spacial score (nSPS) is 10.2. The molecule has 0 saturated carbocycles. The van der Waals surface area contributed by atoms with Crippen molar-refractivity contribution in [3.8, 4) is 46.4 Å². The zero-order valence-electron chi connectivity index (χ0n) is 12.3. The predicted octanol–water partition coefficient (Wildman–Crippen LogP) is 3.04. The van der Waals surface area contributed by atoms with Crippen LogP contribution in [0.25, 0.3) is 22.5 Å². The molecule has 3 aromatic rings. The molecule has 0 aliphatic rings. The van der Waals surface area contributed by atoms with Gasteiger partial charge in [0.25, 0.3) is 0 Å². The van der Waals surface area contributed by atoms with Crippen molar-refractivity contribution in [3.05, 3.63) is 48.5 Å². The van der Waals surface area contributed by atoms with Crippen LogP contribution >= 0.6 is 0 Å². The minimum atomic E-state index is 0.0898. The van der Waals surface area contributed by atoms with Crippen molar-refractivity contribution >= 4 is 5.69 Å². The highest BCUT2D eigenvalue weighted by atomic mass is 16.5. The molecule has 0 amide bonds. The van der Waals surface area contributed by atoms with Gasteiger partial charge >= 0.3 is 0 Å². The summed E-state index contributed by atoms with van der Waals surface area (Å²) >= 11 is 0. The molecule has 1 heterocycles. The minimum Gasteiger partial charge on any atom is -0.507 e. The molecule has 0 saturated heterocycles. The number of H-pyrrole nitrogens is 1. The number of phenols is 1. The molecule has 0 aliphatic heterocycles. The van der Waals surface area contributed by atoms with E-state index in [-0.39, 0.29) is 12.4 Å². The number of nitrogen functional groups attached to an aromatic ring is 1. The number of phenolic OH excluding ortho intramolecular Hbond substituents is 1. The SMILES string of the molecule is C#CCOc1ccc(-c2cc(-c3ccc(N)cc3)n[nH]2)c(O)c1. The fraction of sp³-hybridized carbons (Fsp3) is 0.0556. The van der Waals surface area contributed by atoms with E-state index in [1.54, 1.807) is 12.1 Å². The number of nitrogens with two attached hydrogens (primary N) is 1. The number of aromatic amines is 1. The van der Waals surface area contributed by atoms with Crippen molar-refractivity contribution in [2.24, 2.45) is 0 Å². The Hall–Kier alpha value is -3.39. The quantitative estimate of drug-likeness (QED) is 0.511. The van der Waals surface area contributed by atoms with Crippen LogP contribution in [0.1, 0.15) is 0 Å². The molecule has 1 aromatic heterocycles. The summed E-state index contributed by atoms with van der Waals surface area (Å²) in [6, 6.07) is 14.3. The van der Waals surface area contributed by atoms with E-state index in [0.717, 1.165) is 11.3 Å². The molecule has 0 atom stereocenters. The van der Waals surface area contributed by atoms with Gasteiger partial charge in [-0.25, -0.2) is 0 Å². The number of nitrogens with one attached hydrogen (secondary N) is 1. The van der Waals surface area contributed by atoms with Crippen LogP contribution in [0.2, 0.25) is 0 Å². The van der Waals surface area contributed by atoms with Gasteiger partial charge in [-0.3, -0.25) is 5.10 Å². The van der Waals surface area contributed by atoms with E-state index in [9.17, 15) is 5.11 Å². The number of benzene rings is 2. The van der Waals surface area contributed by atoms with Crippen molar-refractivity contribution in [2.75, 3.05) is 12.3 Å². The molecule has 0 fully saturated rings. The summed E-state index contributed by atoms with van der Waals surface area (Å²) in [5.41, 5.74) is 9.43. The van der Waals surface area contributed by atoms with E-state index in [1.165, 1.54) is 6.07 Å². The van der Waals surface area contributed by atoms with Gasteiger partial charge in [0.15, 0.2) is 0 Å². The molecule has 114 valence electrons. The molecular weight excluding hydrogens is 290 g/mol. The number of terminal acetylenes is 1. The van der Waals surface area contributed by atoms with Crippen molar-refractivity contribution in [1.29, 1.82) is 0 Å². The number of aromatic hydroxyl groups is 1. The van der Waals surface area contributed by atoms with Gasteiger partial charge in [0.05, 0.1) is 11.4 Å². The lowest BCUT2D eigenvalue weighted by Crippen LogP contribution is -1.93. The molecule has 0 bridgehead atoms. The van der Waals surface area contributed by atoms with Gasteiger partial charge < -0.3 is 15.6 Å². The first-order chi connectivity index (χ1) is 11.2. The van der Waals surface area contributed by atoms with Gasteiger partial charge in [0.1, 0.15) is 18.1 Å². The van der Waals surface area contributed by atoms with Gasteiger partial charge in [-0.1, -0.05) is 18.1 Å². The van der Waals surface area contributed by atoms with Gasteiger partial charge in [0.2, 0.25) is 0 Å². The van der Waals surface area contributed by atoms with E-state index in [1.807, 2.05) is 30.3 Å². The smallest absolute Gasteiger partial charge is 0.148 e. The molecule has 23 heavy (non-hydrogen) atoms. The molecule has 5 heteroatoms. The number of hydrogen-bond donors (Lipinski definition) is 3. The van der Waals surface area contributed by atoms with Crippen molar-refractivity contribution in [2.45, 2.75) is 0 Å². The average molecular weight is 305 g/mol. The number of aromatic nitrogens is 2. The molecule has 5 nitrogen and oxygen atoms in total. The van der Waals surface area contributed by atoms with Gasteiger partial charge in [-0.2, -0.15) is 5.10 Å². The lowest BCUT2D eigenvalue weighted by molar-refractivity contribution is 0.367. The maximum absolute atomic E-state index is 10.2. The summed E-state index contributed by atoms with van der Waals surface area (Å²) < 4.78 is 5.28.